The Bertz CT molecular complexity index is 862. The van der Waals surface area contributed by atoms with E-state index in [1.807, 2.05) is 0 Å². The van der Waals surface area contributed by atoms with E-state index in [9.17, 15) is 0 Å². The Hall–Kier alpha value is -1.22. The predicted octanol–water partition coefficient (Wildman–Crippen LogP) is 8.73. The largest absolute Gasteiger partial charge is 0.0965 e. The van der Waals surface area contributed by atoms with Crippen molar-refractivity contribution in [3.05, 3.63) is 84.2 Å². The summed E-state index contributed by atoms with van der Waals surface area (Å²) in [4.78, 5) is 0. The topological polar surface area (TPSA) is 0 Å². The maximum atomic E-state index is 2.66. The number of benzene rings is 2. The van der Waals surface area contributed by atoms with Crippen LogP contribution in [0.5, 0.6) is 0 Å². The first-order valence-electron chi connectivity index (χ1n) is 13.4. The average molecular weight is 475 g/mol. The summed E-state index contributed by atoms with van der Waals surface area (Å²) in [5, 5.41) is 4.71. The van der Waals surface area contributed by atoms with Crippen molar-refractivity contribution in [2.24, 2.45) is 5.92 Å². The number of hydrogen-bond acceptors (Lipinski definition) is 0. The molecule has 3 aliphatic rings. The van der Waals surface area contributed by atoms with Crippen LogP contribution in [-0.4, -0.2) is 17.0 Å². The van der Waals surface area contributed by atoms with Gasteiger partial charge in [0, 0.05) is 5.92 Å². The maximum absolute atomic E-state index is 2.66. The van der Waals surface area contributed by atoms with Crippen LogP contribution >= 0.6 is 15.8 Å². The third kappa shape index (κ3) is 5.39. The van der Waals surface area contributed by atoms with Gasteiger partial charge in [-0.05, 0) is 66.5 Å². The van der Waals surface area contributed by atoms with Crippen LogP contribution in [0.4, 0.5) is 0 Å². The lowest BCUT2D eigenvalue weighted by atomic mass is 9.99. The zero-order chi connectivity index (χ0) is 22.5. The Labute approximate surface area is 204 Å². The zero-order valence-electron chi connectivity index (χ0n) is 20.3. The van der Waals surface area contributed by atoms with Crippen molar-refractivity contribution in [3.63, 3.8) is 0 Å². The molecule has 0 heterocycles. The molecule has 2 aromatic rings. The fourth-order valence-corrected chi connectivity index (χ4v) is 13.9. The average Bonchev–Trinajstić information content (AvgIpc) is 3.36. The summed E-state index contributed by atoms with van der Waals surface area (Å²) < 4.78 is 0. The number of hydrogen-bond donors (Lipinski definition) is 0. The van der Waals surface area contributed by atoms with Crippen molar-refractivity contribution in [2.45, 2.75) is 88.1 Å². The van der Waals surface area contributed by atoms with E-state index < -0.39 is 7.92 Å². The van der Waals surface area contributed by atoms with Gasteiger partial charge in [0.05, 0.1) is 0 Å². The smallest absolute Gasteiger partial charge is 0.00969 e. The van der Waals surface area contributed by atoms with Crippen LogP contribution in [0.2, 0.25) is 0 Å². The van der Waals surface area contributed by atoms with Gasteiger partial charge in [0.25, 0.3) is 0 Å². The molecule has 0 bridgehead atoms. The molecule has 2 atom stereocenters. The van der Waals surface area contributed by atoms with Crippen LogP contribution in [-0.2, 0) is 0 Å². The molecule has 0 aromatic heterocycles. The van der Waals surface area contributed by atoms with Gasteiger partial charge in [-0.1, -0.05) is 132 Å². The standard InChI is InChI=1S/C31H40P2/c1-25(32(26-15-6-2-7-16-26)27-17-8-3-9-18-27)30-23-14-24-31(30)33(28-19-10-4-11-20-28)29-21-12-5-13-22-29/h4-5,10-14,19-27,30H,2-3,6-9,15-18H2,1H3/t25-,30?/m1/s1. The molecule has 174 valence electrons. The fraction of sp³-hybridized carbons (Fsp3) is 0.484. The lowest BCUT2D eigenvalue weighted by molar-refractivity contribution is 0.479. The Kier molecular flexibility index (Phi) is 8.18. The lowest BCUT2D eigenvalue weighted by Crippen LogP contribution is -2.30. The van der Waals surface area contributed by atoms with Crippen molar-refractivity contribution < 1.29 is 0 Å². The van der Waals surface area contributed by atoms with Crippen LogP contribution < -0.4 is 10.6 Å². The molecule has 2 fully saturated rings. The van der Waals surface area contributed by atoms with E-state index >= 15 is 0 Å². The molecule has 0 nitrogen and oxygen atoms in total. The molecule has 1 unspecified atom stereocenters. The quantitative estimate of drug-likeness (QED) is 0.352. The maximum Gasteiger partial charge on any atom is 0.00969 e. The summed E-state index contributed by atoms with van der Waals surface area (Å²) in [7, 11) is -0.415. The van der Waals surface area contributed by atoms with E-state index in [1.54, 1.807) is 5.31 Å². The first-order chi connectivity index (χ1) is 16.3. The third-order valence-corrected chi connectivity index (χ3v) is 14.8. The monoisotopic (exact) mass is 474 g/mol. The highest BCUT2D eigenvalue weighted by Crippen LogP contribution is 2.63. The summed E-state index contributed by atoms with van der Waals surface area (Å²) in [6.07, 6.45) is 22.4. The van der Waals surface area contributed by atoms with Gasteiger partial charge in [-0.2, -0.15) is 0 Å². The number of allylic oxidation sites excluding steroid dienone is 4. The SMILES string of the molecule is C[C@H](C1C=CC=C1P(c1ccccc1)c1ccccc1)P(C1CCCCC1)C1CCCCC1. The van der Waals surface area contributed by atoms with Crippen LogP contribution in [0.1, 0.15) is 71.1 Å². The van der Waals surface area contributed by atoms with Crippen LogP contribution in [0.15, 0.2) is 84.2 Å². The molecule has 3 aliphatic carbocycles. The minimum absolute atomic E-state index is 0.0599. The Morgan fingerprint density at radius 2 is 1.15 bits per heavy atom. The second kappa shape index (κ2) is 11.5. The van der Waals surface area contributed by atoms with Gasteiger partial charge in [-0.3, -0.25) is 0 Å². The van der Waals surface area contributed by atoms with Gasteiger partial charge >= 0.3 is 0 Å². The molecule has 0 N–H and O–H groups in total. The van der Waals surface area contributed by atoms with E-state index in [0.29, 0.717) is 5.92 Å². The first kappa shape index (κ1) is 23.5. The highest BCUT2D eigenvalue weighted by atomic mass is 31.1. The summed E-state index contributed by atoms with van der Waals surface area (Å²) in [5.41, 5.74) is 2.83. The van der Waals surface area contributed by atoms with Crippen molar-refractivity contribution in [2.75, 3.05) is 0 Å². The molecule has 0 saturated heterocycles. The Morgan fingerprint density at radius 1 is 0.667 bits per heavy atom. The molecule has 2 heteroatoms. The van der Waals surface area contributed by atoms with Crippen LogP contribution in [0.25, 0.3) is 0 Å². The van der Waals surface area contributed by atoms with E-state index in [0.717, 1.165) is 17.0 Å². The molecular formula is C31H40P2. The van der Waals surface area contributed by atoms with Gasteiger partial charge in [-0.15, -0.1) is 0 Å². The molecule has 5 rings (SSSR count). The van der Waals surface area contributed by atoms with E-state index in [1.165, 1.54) is 74.8 Å². The van der Waals surface area contributed by atoms with E-state index in [4.69, 9.17) is 0 Å². The second-order valence-corrected chi connectivity index (χ2v) is 15.7. The van der Waals surface area contributed by atoms with Gasteiger partial charge < -0.3 is 0 Å². The van der Waals surface area contributed by atoms with E-state index in [2.05, 4.69) is 85.8 Å². The summed E-state index contributed by atoms with van der Waals surface area (Å²) >= 11 is 0. The van der Waals surface area contributed by atoms with Gasteiger partial charge in [0.1, 0.15) is 0 Å². The first-order valence-corrected chi connectivity index (χ1v) is 16.3. The summed E-state index contributed by atoms with van der Waals surface area (Å²) in [6, 6.07) is 22.7. The second-order valence-electron chi connectivity index (χ2n) is 10.3. The predicted molar refractivity (Wildman–Crippen MR) is 150 cm³/mol. The van der Waals surface area contributed by atoms with Gasteiger partial charge in [0.2, 0.25) is 0 Å². The molecule has 0 amide bonds. The highest BCUT2D eigenvalue weighted by molar-refractivity contribution is 7.76. The molecule has 0 spiro atoms. The minimum Gasteiger partial charge on any atom is -0.0965 e. The van der Waals surface area contributed by atoms with Crippen LogP contribution in [0, 0.1) is 5.92 Å². The Balaban J connectivity index is 1.47. The molecule has 2 saturated carbocycles. The van der Waals surface area contributed by atoms with Gasteiger partial charge in [0.15, 0.2) is 0 Å². The lowest BCUT2D eigenvalue weighted by Gasteiger charge is -2.44. The summed E-state index contributed by atoms with van der Waals surface area (Å²) in [5.74, 6) is 0.617. The zero-order valence-corrected chi connectivity index (χ0v) is 22.1. The van der Waals surface area contributed by atoms with Gasteiger partial charge in [-0.25, -0.2) is 0 Å². The normalized spacial score (nSPS) is 23.2. The van der Waals surface area contributed by atoms with Crippen molar-refractivity contribution in [1.82, 2.24) is 0 Å². The third-order valence-electron chi connectivity index (χ3n) is 8.20. The highest BCUT2D eigenvalue weighted by Gasteiger charge is 2.40. The van der Waals surface area contributed by atoms with E-state index in [-0.39, 0.29) is 7.92 Å². The Morgan fingerprint density at radius 3 is 1.64 bits per heavy atom. The van der Waals surface area contributed by atoms with Crippen molar-refractivity contribution in [1.29, 1.82) is 0 Å². The van der Waals surface area contributed by atoms with Crippen LogP contribution in [0.3, 0.4) is 0 Å². The summed E-state index contributed by atoms with van der Waals surface area (Å²) in [6.45, 7) is 2.66. The molecule has 0 radical (unpaired) electrons. The fourth-order valence-electron chi connectivity index (χ4n) is 6.62. The molecular weight excluding hydrogens is 434 g/mol. The van der Waals surface area contributed by atoms with Crippen molar-refractivity contribution >= 4 is 26.5 Å². The molecule has 2 aromatic carbocycles. The molecule has 0 aliphatic heterocycles. The molecule has 33 heavy (non-hydrogen) atoms. The van der Waals surface area contributed by atoms with Crippen molar-refractivity contribution in [3.8, 4) is 0 Å². The number of rotatable bonds is 7. The minimum atomic E-state index is -0.474.